The van der Waals surface area contributed by atoms with Gasteiger partial charge >= 0.3 is 11.7 Å². The summed E-state index contributed by atoms with van der Waals surface area (Å²) in [6.45, 7) is 3.15. The van der Waals surface area contributed by atoms with E-state index in [0.29, 0.717) is 5.76 Å². The van der Waals surface area contributed by atoms with Gasteiger partial charge in [-0.1, -0.05) is 0 Å². The van der Waals surface area contributed by atoms with Crippen molar-refractivity contribution in [2.45, 2.75) is 13.8 Å². The average Bonchev–Trinajstić information content (AvgIpc) is 2.99. The van der Waals surface area contributed by atoms with Gasteiger partial charge in [-0.15, -0.1) is 0 Å². The normalized spacial score (nSPS) is 14.9. The number of nitro groups is 1. The fourth-order valence-electron chi connectivity index (χ4n) is 2.23. The Morgan fingerprint density at radius 2 is 2.16 bits per heavy atom. The lowest BCUT2D eigenvalue weighted by Gasteiger charge is -2.13. The van der Waals surface area contributed by atoms with Gasteiger partial charge in [-0.25, -0.2) is 10.3 Å². The second kappa shape index (κ2) is 6.99. The van der Waals surface area contributed by atoms with Crippen molar-refractivity contribution in [3.05, 3.63) is 44.8 Å². The van der Waals surface area contributed by atoms with Crippen LogP contribution in [0.4, 0.5) is 5.69 Å². The molecule has 0 unspecified atom stereocenters. The number of hydrogen-bond donors (Lipinski definition) is 3. The van der Waals surface area contributed by atoms with Crippen molar-refractivity contribution in [3.8, 4) is 11.5 Å². The summed E-state index contributed by atoms with van der Waals surface area (Å²) in [5, 5.41) is 32.0. The largest absolute Gasteiger partial charge is 0.505 e. The van der Waals surface area contributed by atoms with Gasteiger partial charge in [-0.3, -0.25) is 10.1 Å². The Bertz CT molecular complexity index is 797. The Morgan fingerprint density at radius 1 is 1.48 bits per heavy atom. The highest BCUT2D eigenvalue weighted by molar-refractivity contribution is 5.99. The predicted octanol–water partition coefficient (Wildman–Crippen LogP) is 2.15. The molecule has 1 aliphatic rings. The van der Waals surface area contributed by atoms with Gasteiger partial charge in [0, 0.05) is 6.08 Å². The zero-order valence-electron chi connectivity index (χ0n) is 13.7. The van der Waals surface area contributed by atoms with Crippen LogP contribution in [0.3, 0.4) is 0 Å². The standard InChI is InChI=1S/C15H16N2O8/c1-4-24-15(20)8-6-10(23-3)14(19)12(17(21)22)11(8)13(18)9-5-7(2)25-16-9/h5-6,16,18-19H,4H2,1-3H3. The first-order chi connectivity index (χ1) is 11.8. The van der Waals surface area contributed by atoms with Crippen molar-refractivity contribution < 1.29 is 34.2 Å². The van der Waals surface area contributed by atoms with Crippen LogP contribution in [0.2, 0.25) is 0 Å². The molecular formula is C15H16N2O8. The highest BCUT2D eigenvalue weighted by atomic mass is 16.7. The number of nitro benzene ring substituents is 1. The maximum atomic E-state index is 12.2. The van der Waals surface area contributed by atoms with E-state index >= 15 is 0 Å². The number of phenols is 1. The third-order valence-electron chi connectivity index (χ3n) is 3.30. The number of benzene rings is 1. The number of carbonyl (C=O) groups excluding carboxylic acids is 1. The summed E-state index contributed by atoms with van der Waals surface area (Å²) >= 11 is 0. The van der Waals surface area contributed by atoms with Crippen molar-refractivity contribution in [2.75, 3.05) is 13.7 Å². The molecule has 1 aromatic carbocycles. The van der Waals surface area contributed by atoms with Gasteiger partial charge < -0.3 is 24.5 Å². The summed E-state index contributed by atoms with van der Waals surface area (Å²) < 4.78 is 9.75. The van der Waals surface area contributed by atoms with E-state index in [1.165, 1.54) is 13.2 Å². The van der Waals surface area contributed by atoms with Crippen LogP contribution in [0.25, 0.3) is 5.76 Å². The first kappa shape index (κ1) is 17.9. The number of aliphatic hydroxyl groups excluding tert-OH is 1. The number of aliphatic hydroxyl groups is 1. The molecule has 25 heavy (non-hydrogen) atoms. The lowest BCUT2D eigenvalue weighted by molar-refractivity contribution is -0.386. The molecule has 0 saturated carbocycles. The number of methoxy groups -OCH3 is 1. The van der Waals surface area contributed by atoms with E-state index in [0.717, 1.165) is 6.07 Å². The summed E-state index contributed by atoms with van der Waals surface area (Å²) in [4.78, 5) is 27.7. The number of rotatable bonds is 5. The minimum Gasteiger partial charge on any atom is -0.505 e. The third-order valence-corrected chi connectivity index (χ3v) is 3.30. The Kier molecular flexibility index (Phi) is 5.01. The van der Waals surface area contributed by atoms with Crippen molar-refractivity contribution in [1.82, 2.24) is 5.48 Å². The molecule has 0 spiro atoms. The van der Waals surface area contributed by atoms with Gasteiger partial charge in [0.2, 0.25) is 5.75 Å². The molecule has 1 heterocycles. The van der Waals surface area contributed by atoms with E-state index in [4.69, 9.17) is 14.3 Å². The molecule has 0 radical (unpaired) electrons. The third kappa shape index (κ3) is 3.27. The summed E-state index contributed by atoms with van der Waals surface area (Å²) in [6, 6.07) is 1.05. The van der Waals surface area contributed by atoms with Crippen molar-refractivity contribution in [1.29, 1.82) is 0 Å². The van der Waals surface area contributed by atoms with E-state index < -0.39 is 33.7 Å². The maximum Gasteiger partial charge on any atom is 0.339 e. The SMILES string of the molecule is CCOC(=O)c1cc(OC)c(O)c([N+](=O)[O-])c1C(O)=C1C=C(C)ON1. The smallest absolute Gasteiger partial charge is 0.339 e. The first-order valence-corrected chi connectivity index (χ1v) is 7.12. The molecular weight excluding hydrogens is 336 g/mol. The monoisotopic (exact) mass is 352 g/mol. The molecule has 10 heteroatoms. The van der Waals surface area contributed by atoms with E-state index in [1.807, 2.05) is 0 Å². The van der Waals surface area contributed by atoms with E-state index in [9.17, 15) is 25.1 Å². The van der Waals surface area contributed by atoms with Crippen LogP contribution in [-0.2, 0) is 9.57 Å². The first-order valence-electron chi connectivity index (χ1n) is 7.12. The topological polar surface area (TPSA) is 140 Å². The summed E-state index contributed by atoms with van der Waals surface area (Å²) in [6.07, 6.45) is 1.37. The molecule has 0 saturated heterocycles. The highest BCUT2D eigenvalue weighted by Crippen LogP contribution is 2.44. The molecule has 134 valence electrons. The number of hydroxylamine groups is 1. The van der Waals surface area contributed by atoms with Crippen LogP contribution in [0.5, 0.6) is 11.5 Å². The van der Waals surface area contributed by atoms with Gasteiger partial charge in [0.15, 0.2) is 11.5 Å². The summed E-state index contributed by atoms with van der Waals surface area (Å²) in [7, 11) is 1.17. The number of nitrogens with one attached hydrogen (secondary N) is 1. The van der Waals surface area contributed by atoms with Crippen LogP contribution in [0.1, 0.15) is 29.8 Å². The van der Waals surface area contributed by atoms with Gasteiger partial charge in [0.1, 0.15) is 17.0 Å². The molecule has 2 rings (SSSR count). The van der Waals surface area contributed by atoms with Crippen molar-refractivity contribution in [2.24, 2.45) is 0 Å². The maximum absolute atomic E-state index is 12.2. The minimum absolute atomic E-state index is 0.00691. The molecule has 0 atom stereocenters. The van der Waals surface area contributed by atoms with Crippen LogP contribution in [-0.4, -0.2) is 34.8 Å². The Morgan fingerprint density at radius 3 is 2.64 bits per heavy atom. The second-order valence-corrected chi connectivity index (χ2v) is 4.90. The predicted molar refractivity (Wildman–Crippen MR) is 84.8 cm³/mol. The zero-order valence-corrected chi connectivity index (χ0v) is 13.7. The van der Waals surface area contributed by atoms with E-state index in [-0.39, 0.29) is 23.6 Å². The van der Waals surface area contributed by atoms with Crippen molar-refractivity contribution in [3.63, 3.8) is 0 Å². The molecule has 0 amide bonds. The molecule has 1 aromatic rings. The number of carbonyl (C=O) groups is 1. The Balaban J connectivity index is 2.85. The minimum atomic E-state index is -0.931. The zero-order chi connectivity index (χ0) is 18.7. The van der Waals surface area contributed by atoms with Crippen LogP contribution in [0, 0.1) is 10.1 Å². The summed E-state index contributed by atoms with van der Waals surface area (Å²) in [5.74, 6) is -2.34. The second-order valence-electron chi connectivity index (χ2n) is 4.90. The summed E-state index contributed by atoms with van der Waals surface area (Å²) in [5.41, 5.74) is 0.598. The lowest BCUT2D eigenvalue weighted by Crippen LogP contribution is -2.13. The number of hydrogen-bond acceptors (Lipinski definition) is 9. The Labute approximate surface area is 142 Å². The average molecular weight is 352 g/mol. The molecule has 10 nitrogen and oxygen atoms in total. The molecule has 0 bridgehead atoms. The number of allylic oxidation sites excluding steroid dienone is 2. The van der Waals surface area contributed by atoms with E-state index in [2.05, 4.69) is 5.48 Å². The van der Waals surface area contributed by atoms with Gasteiger partial charge in [0.05, 0.1) is 24.2 Å². The fourth-order valence-corrected chi connectivity index (χ4v) is 2.23. The molecule has 3 N–H and O–H groups in total. The van der Waals surface area contributed by atoms with Gasteiger partial charge in [0.25, 0.3) is 0 Å². The van der Waals surface area contributed by atoms with Gasteiger partial charge in [-0.2, -0.15) is 0 Å². The number of aromatic hydroxyl groups is 1. The Hall–Kier alpha value is -3.43. The highest BCUT2D eigenvalue weighted by Gasteiger charge is 2.34. The number of nitrogens with zero attached hydrogens (tertiary/aromatic N) is 1. The molecule has 0 fully saturated rings. The quantitative estimate of drug-likeness (QED) is 0.314. The number of ether oxygens (including phenoxy) is 2. The number of phenolic OH excluding ortho intramolecular Hbond substituents is 1. The number of esters is 1. The van der Waals surface area contributed by atoms with Gasteiger partial charge in [-0.05, 0) is 19.9 Å². The van der Waals surface area contributed by atoms with E-state index in [1.54, 1.807) is 13.8 Å². The molecule has 1 aliphatic heterocycles. The molecule has 0 aromatic heterocycles. The lowest BCUT2D eigenvalue weighted by atomic mass is 10.0. The van der Waals surface area contributed by atoms with Crippen LogP contribution < -0.4 is 10.2 Å². The van der Waals surface area contributed by atoms with Crippen molar-refractivity contribution >= 4 is 17.4 Å². The van der Waals surface area contributed by atoms with Crippen LogP contribution >= 0.6 is 0 Å². The molecule has 0 aliphatic carbocycles. The fraction of sp³-hybridized carbons (Fsp3) is 0.267. The van der Waals surface area contributed by atoms with Crippen LogP contribution in [0.15, 0.2) is 23.6 Å².